The van der Waals surface area contributed by atoms with Crippen LogP contribution in [-0.4, -0.2) is 44.0 Å². The molecular weight excluding hydrogens is 376 g/mol. The number of fused-ring (bicyclic) bond motifs is 1. The maximum atomic E-state index is 12.5. The molecule has 0 atom stereocenters. The van der Waals surface area contributed by atoms with Crippen LogP contribution in [0.25, 0.3) is 0 Å². The second kappa shape index (κ2) is 10.7. The Morgan fingerprint density at radius 1 is 1.10 bits per heavy atom. The number of methoxy groups -OCH3 is 1. The van der Waals surface area contributed by atoms with Gasteiger partial charge < -0.3 is 20.3 Å². The molecule has 160 valence electrons. The Balaban J connectivity index is 1.35. The predicted octanol–water partition coefficient (Wildman–Crippen LogP) is 3.03. The fourth-order valence-electron chi connectivity index (χ4n) is 3.75. The van der Waals surface area contributed by atoms with Crippen molar-refractivity contribution in [1.82, 2.24) is 15.5 Å². The number of guanidine groups is 1. The lowest BCUT2D eigenvalue weighted by Gasteiger charge is -2.16. The zero-order valence-electron chi connectivity index (χ0n) is 18.2. The first kappa shape index (κ1) is 21.7. The Morgan fingerprint density at radius 3 is 2.47 bits per heavy atom. The molecule has 0 aliphatic carbocycles. The Labute approximate surface area is 179 Å². The van der Waals surface area contributed by atoms with Gasteiger partial charge >= 0.3 is 0 Å². The number of aliphatic imine (C=N–C) groups is 1. The highest BCUT2D eigenvalue weighted by Crippen LogP contribution is 2.23. The molecule has 0 bridgehead atoms. The number of carbonyl (C=O) groups is 1. The smallest absolute Gasteiger partial charge is 0.223 e. The van der Waals surface area contributed by atoms with E-state index in [4.69, 9.17) is 4.74 Å². The third-order valence-electron chi connectivity index (χ3n) is 5.40. The Morgan fingerprint density at radius 2 is 1.80 bits per heavy atom. The summed E-state index contributed by atoms with van der Waals surface area (Å²) in [5.41, 5.74) is 4.93. The molecule has 6 heteroatoms. The molecule has 0 saturated carbocycles. The van der Waals surface area contributed by atoms with Crippen LogP contribution in [0, 0.1) is 6.92 Å². The van der Waals surface area contributed by atoms with Gasteiger partial charge in [0.15, 0.2) is 5.96 Å². The van der Waals surface area contributed by atoms with Gasteiger partial charge in [-0.15, -0.1) is 0 Å². The van der Waals surface area contributed by atoms with Gasteiger partial charge in [0.05, 0.1) is 7.11 Å². The summed E-state index contributed by atoms with van der Waals surface area (Å²) < 4.78 is 5.44. The first-order valence-corrected chi connectivity index (χ1v) is 10.5. The Bertz CT molecular complexity index is 870. The molecule has 0 fully saturated rings. The molecule has 2 aromatic rings. The van der Waals surface area contributed by atoms with E-state index in [-0.39, 0.29) is 5.91 Å². The Kier molecular flexibility index (Phi) is 7.71. The van der Waals surface area contributed by atoms with E-state index in [0.29, 0.717) is 13.0 Å². The molecule has 0 radical (unpaired) electrons. The van der Waals surface area contributed by atoms with Gasteiger partial charge in [-0.25, -0.2) is 0 Å². The molecule has 2 aromatic carbocycles. The molecule has 6 nitrogen and oxygen atoms in total. The van der Waals surface area contributed by atoms with E-state index >= 15 is 0 Å². The fourth-order valence-corrected chi connectivity index (χ4v) is 3.75. The fraction of sp³-hybridized carbons (Fsp3) is 0.417. The standard InChI is InChI=1S/C24H32N4O2/c1-18-10-11-22(30-3)19(15-18)12-14-27-24(25-2)26-13-6-9-23(29)28-16-20-7-4-5-8-21(20)17-28/h4-5,7-8,10-11,15H,6,9,12-14,16-17H2,1-3H3,(H2,25,26,27). The minimum atomic E-state index is 0.211. The number of hydrogen-bond donors (Lipinski definition) is 2. The summed E-state index contributed by atoms with van der Waals surface area (Å²) >= 11 is 0. The van der Waals surface area contributed by atoms with E-state index in [1.165, 1.54) is 22.3 Å². The van der Waals surface area contributed by atoms with E-state index < -0.39 is 0 Å². The zero-order valence-corrected chi connectivity index (χ0v) is 18.2. The number of nitrogens with one attached hydrogen (secondary N) is 2. The van der Waals surface area contributed by atoms with Gasteiger partial charge in [-0.1, -0.05) is 42.0 Å². The molecule has 0 saturated heterocycles. The first-order valence-electron chi connectivity index (χ1n) is 10.5. The first-order chi connectivity index (χ1) is 14.6. The SMILES string of the molecule is CN=C(NCCCC(=O)N1Cc2ccccc2C1)NCCc1cc(C)ccc1OC. The molecule has 30 heavy (non-hydrogen) atoms. The van der Waals surface area contributed by atoms with Crippen LogP contribution in [0.4, 0.5) is 0 Å². The summed E-state index contributed by atoms with van der Waals surface area (Å²) in [6.07, 6.45) is 2.16. The van der Waals surface area contributed by atoms with Crippen molar-refractivity contribution in [3.05, 3.63) is 64.7 Å². The molecule has 1 amide bonds. The van der Waals surface area contributed by atoms with Gasteiger partial charge in [0.2, 0.25) is 5.91 Å². The zero-order chi connectivity index (χ0) is 21.3. The number of hydrogen-bond acceptors (Lipinski definition) is 3. The van der Waals surface area contributed by atoms with Crippen molar-refractivity contribution < 1.29 is 9.53 Å². The molecular formula is C24H32N4O2. The van der Waals surface area contributed by atoms with E-state index in [2.05, 4.69) is 46.8 Å². The molecule has 2 N–H and O–H groups in total. The van der Waals surface area contributed by atoms with E-state index in [0.717, 1.165) is 44.2 Å². The summed E-state index contributed by atoms with van der Waals surface area (Å²) in [6.45, 7) is 5.01. The van der Waals surface area contributed by atoms with Crippen LogP contribution in [0.5, 0.6) is 5.75 Å². The van der Waals surface area contributed by atoms with E-state index in [1.807, 2.05) is 23.1 Å². The van der Waals surface area contributed by atoms with Gasteiger partial charge in [0, 0.05) is 39.6 Å². The van der Waals surface area contributed by atoms with Crippen LogP contribution >= 0.6 is 0 Å². The van der Waals surface area contributed by atoms with Crippen LogP contribution < -0.4 is 15.4 Å². The van der Waals surface area contributed by atoms with Crippen molar-refractivity contribution in [3.8, 4) is 5.75 Å². The van der Waals surface area contributed by atoms with Crippen molar-refractivity contribution >= 4 is 11.9 Å². The van der Waals surface area contributed by atoms with Gasteiger partial charge in [-0.2, -0.15) is 0 Å². The minimum absolute atomic E-state index is 0.211. The highest BCUT2D eigenvalue weighted by atomic mass is 16.5. The van der Waals surface area contributed by atoms with Gasteiger partial charge in [-0.3, -0.25) is 9.79 Å². The maximum absolute atomic E-state index is 12.5. The molecule has 0 unspecified atom stereocenters. The largest absolute Gasteiger partial charge is 0.496 e. The van der Waals surface area contributed by atoms with Gasteiger partial charge in [0.25, 0.3) is 0 Å². The number of amides is 1. The normalized spacial score (nSPS) is 13.2. The van der Waals surface area contributed by atoms with Crippen LogP contribution in [0.1, 0.15) is 35.1 Å². The third kappa shape index (κ3) is 5.75. The highest BCUT2D eigenvalue weighted by Gasteiger charge is 2.22. The number of aryl methyl sites for hydroxylation is 1. The lowest BCUT2D eigenvalue weighted by Crippen LogP contribution is -2.39. The number of carbonyl (C=O) groups excluding carboxylic acids is 1. The van der Waals surface area contributed by atoms with Crippen LogP contribution in [0.2, 0.25) is 0 Å². The summed E-state index contributed by atoms with van der Waals surface area (Å²) in [4.78, 5) is 18.7. The second-order valence-corrected chi connectivity index (χ2v) is 7.61. The number of rotatable bonds is 8. The maximum Gasteiger partial charge on any atom is 0.223 e. The summed E-state index contributed by atoms with van der Waals surface area (Å²) in [6, 6.07) is 14.5. The van der Waals surface area contributed by atoms with Gasteiger partial charge in [-0.05, 0) is 42.5 Å². The topological polar surface area (TPSA) is 66.0 Å². The second-order valence-electron chi connectivity index (χ2n) is 7.61. The van der Waals surface area contributed by atoms with Crippen molar-refractivity contribution in [2.75, 3.05) is 27.2 Å². The molecule has 0 spiro atoms. The van der Waals surface area contributed by atoms with Crippen molar-refractivity contribution in [2.24, 2.45) is 4.99 Å². The van der Waals surface area contributed by atoms with Crippen molar-refractivity contribution in [2.45, 2.75) is 39.3 Å². The lowest BCUT2D eigenvalue weighted by atomic mass is 10.1. The summed E-state index contributed by atoms with van der Waals surface area (Å²) in [7, 11) is 3.46. The molecule has 1 heterocycles. The number of ether oxygens (including phenoxy) is 1. The number of benzene rings is 2. The number of nitrogens with zero attached hydrogens (tertiary/aromatic N) is 2. The van der Waals surface area contributed by atoms with Crippen molar-refractivity contribution in [3.63, 3.8) is 0 Å². The summed E-state index contributed by atoms with van der Waals surface area (Å²) in [5.74, 6) is 1.87. The van der Waals surface area contributed by atoms with Crippen LogP contribution in [0.15, 0.2) is 47.5 Å². The predicted molar refractivity (Wildman–Crippen MR) is 121 cm³/mol. The molecule has 1 aliphatic heterocycles. The van der Waals surface area contributed by atoms with E-state index in [9.17, 15) is 4.79 Å². The highest BCUT2D eigenvalue weighted by molar-refractivity contribution is 5.80. The van der Waals surface area contributed by atoms with Crippen LogP contribution in [0.3, 0.4) is 0 Å². The average Bonchev–Trinajstić information content (AvgIpc) is 3.20. The quantitative estimate of drug-likeness (QED) is 0.400. The Hall–Kier alpha value is -3.02. The summed E-state index contributed by atoms with van der Waals surface area (Å²) in [5, 5.41) is 6.63. The molecule has 1 aliphatic rings. The molecule has 3 rings (SSSR count). The minimum Gasteiger partial charge on any atom is -0.496 e. The van der Waals surface area contributed by atoms with Crippen LogP contribution in [-0.2, 0) is 24.3 Å². The van der Waals surface area contributed by atoms with E-state index in [1.54, 1.807) is 14.2 Å². The van der Waals surface area contributed by atoms with Crippen molar-refractivity contribution in [1.29, 1.82) is 0 Å². The monoisotopic (exact) mass is 408 g/mol. The van der Waals surface area contributed by atoms with Gasteiger partial charge in [0.1, 0.15) is 5.75 Å². The third-order valence-corrected chi connectivity index (χ3v) is 5.40. The average molecular weight is 409 g/mol. The lowest BCUT2D eigenvalue weighted by molar-refractivity contribution is -0.131. The molecule has 0 aromatic heterocycles.